The Bertz CT molecular complexity index is 270. The summed E-state index contributed by atoms with van der Waals surface area (Å²) in [5, 5.41) is 0. The zero-order valence-electron chi connectivity index (χ0n) is 10.2. The maximum Gasteiger partial charge on any atom is 0.449 e. The van der Waals surface area contributed by atoms with Crippen LogP contribution in [0.2, 0.25) is 0 Å². The van der Waals surface area contributed by atoms with Crippen molar-refractivity contribution in [1.29, 1.82) is 0 Å². The lowest BCUT2D eigenvalue weighted by atomic mass is 11.3. The molecule has 0 aromatic rings. The zero-order valence-corrected chi connectivity index (χ0v) is 12.2. The predicted molar refractivity (Wildman–Crippen MR) is 67.7 cm³/mol. The van der Waals surface area contributed by atoms with E-state index in [4.69, 9.17) is 17.7 Å². The Morgan fingerprint density at radius 3 is 1.12 bits per heavy atom. The van der Waals surface area contributed by atoms with E-state index in [-0.39, 0.29) is 0 Å². The van der Waals surface area contributed by atoms with Gasteiger partial charge in [0.2, 0.25) is 0 Å². The Morgan fingerprint density at radius 2 is 1.00 bits per heavy atom. The molecule has 0 fully saturated rings. The summed E-state index contributed by atoms with van der Waals surface area (Å²) in [6.45, 7) is 7.34. The summed E-state index contributed by atoms with van der Waals surface area (Å²) in [6, 6.07) is 0. The van der Waals surface area contributed by atoms with Crippen LogP contribution >= 0.6 is 0 Å². The third-order valence-corrected chi connectivity index (χ3v) is 6.86. The summed E-state index contributed by atoms with van der Waals surface area (Å²) in [5.41, 5.74) is 9.10. The second kappa shape index (κ2) is 6.80. The average molecular weight is 258 g/mol. The summed E-state index contributed by atoms with van der Waals surface area (Å²) in [5.74, 6) is 0. The minimum Gasteiger partial charge on any atom is -0.386 e. The van der Waals surface area contributed by atoms with E-state index < -0.39 is 17.1 Å². The molecule has 0 rings (SSSR count). The van der Waals surface area contributed by atoms with Crippen LogP contribution in [0.15, 0.2) is 24.6 Å². The van der Waals surface area contributed by atoms with Crippen molar-refractivity contribution in [1.82, 2.24) is 0 Å². The van der Waals surface area contributed by atoms with Gasteiger partial charge in [0.05, 0.1) is 0 Å². The topological polar surface area (TPSA) is 36.9 Å². The van der Waals surface area contributed by atoms with Crippen LogP contribution in [0, 0.1) is 11.1 Å². The molecule has 0 saturated heterocycles. The molecular formula is C10H18O4Si2. The molecule has 0 bridgehead atoms. The van der Waals surface area contributed by atoms with E-state index in [0.717, 1.165) is 0 Å². The fraction of sp³-hybridized carbons (Fsp3) is 0.400. The molecule has 0 N–H and O–H groups in total. The molecule has 0 radical (unpaired) electrons. The smallest absolute Gasteiger partial charge is 0.386 e. The first-order chi connectivity index (χ1) is 7.57. The van der Waals surface area contributed by atoms with Crippen molar-refractivity contribution >= 4 is 17.1 Å². The van der Waals surface area contributed by atoms with Gasteiger partial charge in [-0.15, -0.1) is 13.2 Å². The van der Waals surface area contributed by atoms with E-state index >= 15 is 0 Å². The Hall–Kier alpha value is -0.686. The highest BCUT2D eigenvalue weighted by Gasteiger charge is 2.34. The van der Waals surface area contributed by atoms with E-state index in [1.165, 1.54) is 0 Å². The van der Waals surface area contributed by atoms with Gasteiger partial charge in [0.1, 0.15) is 0 Å². The fourth-order valence-corrected chi connectivity index (χ4v) is 3.99. The van der Waals surface area contributed by atoms with Crippen molar-refractivity contribution in [3.8, 4) is 11.1 Å². The van der Waals surface area contributed by atoms with Crippen LogP contribution in [0.3, 0.4) is 0 Å². The summed E-state index contributed by atoms with van der Waals surface area (Å²) >= 11 is 0. The molecule has 0 heterocycles. The summed E-state index contributed by atoms with van der Waals surface area (Å²) < 4.78 is 21.1. The Kier molecular flexibility index (Phi) is 6.51. The number of rotatable bonds is 6. The van der Waals surface area contributed by atoms with Crippen LogP contribution in [0.25, 0.3) is 0 Å². The van der Waals surface area contributed by atoms with E-state index in [1.807, 2.05) is 0 Å². The minimum atomic E-state index is -2.65. The van der Waals surface area contributed by atoms with Crippen molar-refractivity contribution in [2.75, 3.05) is 28.4 Å². The molecule has 0 spiro atoms. The maximum absolute atomic E-state index is 5.27. The largest absolute Gasteiger partial charge is 0.449 e. The van der Waals surface area contributed by atoms with Crippen LogP contribution in [0.5, 0.6) is 0 Å². The second-order valence-corrected chi connectivity index (χ2v) is 8.43. The van der Waals surface area contributed by atoms with E-state index in [1.54, 1.807) is 39.8 Å². The SMILES string of the molecule is C=C[Si](C#C[Si](C=C)(OC)OC)(OC)OC. The van der Waals surface area contributed by atoms with Gasteiger partial charge < -0.3 is 17.7 Å². The predicted octanol–water partition coefficient (Wildman–Crippen LogP) is 0.989. The van der Waals surface area contributed by atoms with Crippen molar-refractivity contribution in [3.63, 3.8) is 0 Å². The highest BCUT2D eigenvalue weighted by Crippen LogP contribution is 2.08. The van der Waals surface area contributed by atoms with Crippen molar-refractivity contribution in [3.05, 3.63) is 24.6 Å². The molecule has 0 aromatic heterocycles. The van der Waals surface area contributed by atoms with Crippen molar-refractivity contribution in [2.24, 2.45) is 0 Å². The van der Waals surface area contributed by atoms with Gasteiger partial charge >= 0.3 is 17.1 Å². The van der Waals surface area contributed by atoms with Crippen molar-refractivity contribution < 1.29 is 17.7 Å². The van der Waals surface area contributed by atoms with E-state index in [0.29, 0.717) is 0 Å². The maximum atomic E-state index is 5.27. The third-order valence-electron chi connectivity index (χ3n) is 2.16. The lowest BCUT2D eigenvalue weighted by Gasteiger charge is -2.19. The number of hydrogen-bond donors (Lipinski definition) is 0. The number of hydrogen-bond acceptors (Lipinski definition) is 4. The average Bonchev–Trinajstić information content (AvgIpc) is 2.37. The molecule has 16 heavy (non-hydrogen) atoms. The van der Waals surface area contributed by atoms with Crippen LogP contribution < -0.4 is 0 Å². The molecule has 6 heteroatoms. The molecule has 0 atom stereocenters. The Balaban J connectivity index is 5.19. The first-order valence-corrected chi connectivity index (χ1v) is 8.38. The molecule has 0 amide bonds. The second-order valence-electron chi connectivity index (χ2n) is 2.81. The monoisotopic (exact) mass is 258 g/mol. The molecule has 0 aliphatic heterocycles. The van der Waals surface area contributed by atoms with Crippen LogP contribution in [-0.2, 0) is 17.7 Å². The van der Waals surface area contributed by atoms with Gasteiger partial charge in [-0.25, -0.2) is 0 Å². The fourth-order valence-electron chi connectivity index (χ4n) is 0.980. The van der Waals surface area contributed by atoms with Crippen molar-refractivity contribution in [2.45, 2.75) is 0 Å². The minimum absolute atomic E-state index is 1.54. The lowest BCUT2D eigenvalue weighted by Crippen LogP contribution is -2.41. The van der Waals surface area contributed by atoms with Gasteiger partial charge in [-0.1, -0.05) is 11.1 Å². The van der Waals surface area contributed by atoms with Gasteiger partial charge in [0.15, 0.2) is 0 Å². The summed E-state index contributed by atoms with van der Waals surface area (Å²) in [7, 11) is 0.885. The molecule has 4 nitrogen and oxygen atoms in total. The highest BCUT2D eigenvalue weighted by molar-refractivity contribution is 6.85. The molecule has 0 aliphatic rings. The molecular weight excluding hydrogens is 240 g/mol. The molecule has 0 saturated carbocycles. The van der Waals surface area contributed by atoms with Gasteiger partial charge in [0.25, 0.3) is 0 Å². The summed E-state index contributed by atoms with van der Waals surface area (Å²) in [4.78, 5) is 0. The van der Waals surface area contributed by atoms with Crippen LogP contribution in [0.1, 0.15) is 0 Å². The van der Waals surface area contributed by atoms with Gasteiger partial charge in [-0.2, -0.15) is 0 Å². The van der Waals surface area contributed by atoms with Crippen LogP contribution in [-0.4, -0.2) is 45.6 Å². The van der Waals surface area contributed by atoms with Crippen LogP contribution in [0.4, 0.5) is 0 Å². The third kappa shape index (κ3) is 3.41. The highest BCUT2D eigenvalue weighted by atomic mass is 28.4. The van der Waals surface area contributed by atoms with E-state index in [2.05, 4.69) is 24.2 Å². The van der Waals surface area contributed by atoms with E-state index in [9.17, 15) is 0 Å². The standard InChI is InChI=1S/C10H18O4Si2/c1-7-15(11-3,12-4)9-10-16(8-2,13-5)14-6/h7-8H,1-2H2,3-6H3. The lowest BCUT2D eigenvalue weighted by molar-refractivity contribution is 0.269. The van der Waals surface area contributed by atoms with Gasteiger partial charge in [-0.3, -0.25) is 0 Å². The first-order valence-electron chi connectivity index (χ1n) is 4.59. The van der Waals surface area contributed by atoms with Gasteiger partial charge in [-0.05, 0) is 11.4 Å². The first kappa shape index (κ1) is 15.3. The molecule has 0 aliphatic carbocycles. The molecule has 90 valence electrons. The van der Waals surface area contributed by atoms with Gasteiger partial charge in [0, 0.05) is 28.4 Å². The normalized spacial score (nSPS) is 11.5. The molecule has 0 unspecified atom stereocenters. The molecule has 0 aromatic carbocycles. The zero-order chi connectivity index (χ0) is 12.7. The quantitative estimate of drug-likeness (QED) is 0.526. The Morgan fingerprint density at radius 1 is 0.750 bits per heavy atom. The Labute approximate surface area is 99.4 Å². The summed E-state index contributed by atoms with van der Waals surface area (Å²) in [6.07, 6.45) is 0.